The molecule has 0 N–H and O–H groups in total. The Morgan fingerprint density at radius 2 is 1.50 bits per heavy atom. The number of hydrogen-bond acceptors (Lipinski definition) is 1. The average Bonchev–Trinajstić information content (AvgIpc) is 2.27. The third-order valence-electron chi connectivity index (χ3n) is 2.71. The monoisotopic (exact) mass is 402 g/mol. The minimum Gasteiger partial charge on any atom is -0.241 e. The van der Waals surface area contributed by atoms with Gasteiger partial charge in [0.15, 0.2) is 0 Å². The minimum absolute atomic E-state index is 0.493. The van der Waals surface area contributed by atoms with Gasteiger partial charge in [0.1, 0.15) is 10.3 Å². The fourth-order valence-corrected chi connectivity index (χ4v) is 2.19. The van der Waals surface area contributed by atoms with Gasteiger partial charge in [-0.3, -0.25) is 0 Å². The summed E-state index contributed by atoms with van der Waals surface area (Å²) in [7, 11) is 0. The van der Waals surface area contributed by atoms with Crippen molar-refractivity contribution in [3.63, 3.8) is 0 Å². The molecular weight excluding hydrogens is 397 g/mol. The lowest BCUT2D eigenvalue weighted by molar-refractivity contribution is -0.350. The summed E-state index contributed by atoms with van der Waals surface area (Å²) < 4.78 is 115. The van der Waals surface area contributed by atoms with Gasteiger partial charge >= 0.3 is 18.0 Å². The second kappa shape index (κ2) is 5.89. The Labute approximate surface area is 126 Å². The first-order valence-corrected chi connectivity index (χ1v) is 6.20. The highest BCUT2D eigenvalue weighted by Gasteiger charge is 2.75. The van der Waals surface area contributed by atoms with E-state index in [1.807, 2.05) is 0 Å². The summed E-state index contributed by atoms with van der Waals surface area (Å²) in [6.07, 6.45) is -17.7. The molecule has 0 unspecified atom stereocenters. The van der Waals surface area contributed by atoms with E-state index in [-0.39, 0.29) is 0 Å². The topological polar surface area (TPSA) is 12.9 Å². The van der Waals surface area contributed by atoms with Gasteiger partial charge in [0, 0.05) is 12.5 Å². The first-order chi connectivity index (χ1) is 9.71. The van der Waals surface area contributed by atoms with Gasteiger partial charge in [-0.2, -0.15) is 26.3 Å². The maximum absolute atomic E-state index is 14.0. The van der Waals surface area contributed by atoms with Gasteiger partial charge in [-0.1, -0.05) is 0 Å². The van der Waals surface area contributed by atoms with Crippen molar-refractivity contribution in [3.8, 4) is 0 Å². The Bertz CT molecular complexity index is 536. The molecule has 1 aromatic rings. The van der Waals surface area contributed by atoms with E-state index >= 15 is 0 Å². The van der Waals surface area contributed by atoms with Crippen LogP contribution in [-0.2, 0) is 12.1 Å². The van der Waals surface area contributed by atoms with Crippen molar-refractivity contribution in [3.05, 3.63) is 27.5 Å². The van der Waals surface area contributed by atoms with Crippen LogP contribution in [0.4, 0.5) is 39.5 Å². The molecule has 0 aliphatic carbocycles. The second-order valence-electron chi connectivity index (χ2n) is 4.23. The summed E-state index contributed by atoms with van der Waals surface area (Å²) >= 11 is 2.48. The number of alkyl halides is 9. The molecule has 0 aromatic carbocycles. The summed E-state index contributed by atoms with van der Waals surface area (Å²) in [5.41, 5.74) is -9.70. The molecular formula is C11H6BrF9N. The standard InChI is InChI=1S/C11H6BrF9N/c1-4-2-6(12)22-8(5(4)3-7(13)14)9(15,10(16,17)18)11(19,20)21/h7H,3H2,1H3. The number of halogens is 10. The Morgan fingerprint density at radius 1 is 1.05 bits per heavy atom. The molecule has 0 bridgehead atoms. The van der Waals surface area contributed by atoms with Crippen LogP contribution in [0, 0.1) is 13.0 Å². The number of aryl methyl sites for hydroxylation is 1. The maximum Gasteiger partial charge on any atom is 0.437 e. The molecule has 1 aromatic heterocycles. The predicted molar refractivity (Wildman–Crippen MR) is 60.1 cm³/mol. The van der Waals surface area contributed by atoms with E-state index in [2.05, 4.69) is 27.0 Å². The van der Waals surface area contributed by atoms with Gasteiger partial charge in [0.2, 0.25) is 6.43 Å². The van der Waals surface area contributed by atoms with E-state index < -0.39 is 52.3 Å². The summed E-state index contributed by atoms with van der Waals surface area (Å²) in [6.45, 7) is 0.931. The Kier molecular flexibility index (Phi) is 5.10. The highest BCUT2D eigenvalue weighted by atomic mass is 79.9. The van der Waals surface area contributed by atoms with Crippen molar-refractivity contribution in [1.29, 1.82) is 0 Å². The summed E-state index contributed by atoms with van der Waals surface area (Å²) in [4.78, 5) is 2.80. The van der Waals surface area contributed by atoms with Crippen molar-refractivity contribution in [2.75, 3.05) is 0 Å². The van der Waals surface area contributed by atoms with Crippen molar-refractivity contribution < 1.29 is 39.5 Å². The van der Waals surface area contributed by atoms with Crippen LogP contribution < -0.4 is 0 Å². The molecule has 0 saturated heterocycles. The van der Waals surface area contributed by atoms with Crippen LogP contribution in [0.1, 0.15) is 16.8 Å². The minimum atomic E-state index is -6.43. The van der Waals surface area contributed by atoms with Crippen molar-refractivity contribution in [2.45, 2.75) is 37.8 Å². The molecule has 0 amide bonds. The normalized spacial score (nSPS) is 13.8. The lowest BCUT2D eigenvalue weighted by Crippen LogP contribution is -2.51. The van der Waals surface area contributed by atoms with Crippen LogP contribution in [0.25, 0.3) is 0 Å². The molecule has 125 valence electrons. The molecule has 0 spiro atoms. The number of hydrogen-bond donors (Lipinski definition) is 0. The SMILES string of the molecule is Cc1[c]c(Br)nc(C(F)(C(F)(F)F)C(F)(F)F)c1CC(F)F. The summed E-state index contributed by atoms with van der Waals surface area (Å²) in [6, 6.07) is 2.13. The van der Waals surface area contributed by atoms with Gasteiger partial charge in [-0.15, -0.1) is 0 Å². The molecule has 0 aliphatic rings. The lowest BCUT2D eigenvalue weighted by atomic mass is 9.91. The average molecular weight is 403 g/mol. The maximum atomic E-state index is 14.0. The van der Waals surface area contributed by atoms with E-state index in [0.717, 1.165) is 6.92 Å². The summed E-state index contributed by atoms with van der Waals surface area (Å²) in [5, 5.41) is 0. The zero-order valence-corrected chi connectivity index (χ0v) is 12.1. The van der Waals surface area contributed by atoms with E-state index in [4.69, 9.17) is 0 Å². The quantitative estimate of drug-likeness (QED) is 0.509. The zero-order chi connectivity index (χ0) is 17.5. The van der Waals surface area contributed by atoms with E-state index in [1.165, 1.54) is 0 Å². The summed E-state index contributed by atoms with van der Waals surface area (Å²) in [5.74, 6) is 0. The van der Waals surface area contributed by atoms with Crippen LogP contribution in [0.3, 0.4) is 0 Å². The van der Waals surface area contributed by atoms with Crippen LogP contribution >= 0.6 is 15.9 Å². The number of rotatable bonds is 3. The van der Waals surface area contributed by atoms with Crippen LogP contribution in [0.5, 0.6) is 0 Å². The zero-order valence-electron chi connectivity index (χ0n) is 10.5. The van der Waals surface area contributed by atoms with E-state index in [9.17, 15) is 39.5 Å². The Balaban J connectivity index is 3.76. The van der Waals surface area contributed by atoms with Gasteiger partial charge < -0.3 is 0 Å². The van der Waals surface area contributed by atoms with Crippen molar-refractivity contribution in [2.24, 2.45) is 0 Å². The first-order valence-electron chi connectivity index (χ1n) is 5.41. The molecule has 1 radical (unpaired) electrons. The molecule has 11 heteroatoms. The van der Waals surface area contributed by atoms with Crippen molar-refractivity contribution in [1.82, 2.24) is 4.98 Å². The molecule has 0 atom stereocenters. The third-order valence-corrected chi connectivity index (χ3v) is 3.08. The van der Waals surface area contributed by atoms with Gasteiger partial charge in [-0.25, -0.2) is 18.2 Å². The van der Waals surface area contributed by atoms with Crippen LogP contribution in [0.15, 0.2) is 4.60 Å². The van der Waals surface area contributed by atoms with Crippen LogP contribution in [-0.4, -0.2) is 23.8 Å². The van der Waals surface area contributed by atoms with Gasteiger partial charge in [0.05, 0.1) is 0 Å². The van der Waals surface area contributed by atoms with Gasteiger partial charge in [-0.05, 0) is 34.0 Å². The highest BCUT2D eigenvalue weighted by Crippen LogP contribution is 2.54. The fourth-order valence-electron chi connectivity index (χ4n) is 1.72. The molecule has 1 rings (SSSR count). The van der Waals surface area contributed by atoms with Crippen LogP contribution in [0.2, 0.25) is 0 Å². The molecule has 0 fully saturated rings. The molecule has 0 saturated carbocycles. The van der Waals surface area contributed by atoms with E-state index in [0.29, 0.717) is 0 Å². The Hall–Kier alpha value is -1.00. The number of pyridine rings is 1. The molecule has 1 nitrogen and oxygen atoms in total. The Morgan fingerprint density at radius 3 is 1.86 bits per heavy atom. The van der Waals surface area contributed by atoms with Crippen molar-refractivity contribution >= 4 is 15.9 Å². The molecule has 22 heavy (non-hydrogen) atoms. The van der Waals surface area contributed by atoms with E-state index in [1.54, 1.807) is 0 Å². The predicted octanol–water partition coefficient (Wildman–Crippen LogP) is 5.05. The third kappa shape index (κ3) is 3.33. The van der Waals surface area contributed by atoms with Gasteiger partial charge in [0.25, 0.3) is 0 Å². The first kappa shape index (κ1) is 19.0. The number of nitrogens with zero attached hydrogens (tertiary/aromatic N) is 1. The lowest BCUT2D eigenvalue weighted by Gasteiger charge is -2.31. The smallest absolute Gasteiger partial charge is 0.241 e. The molecule has 0 aliphatic heterocycles. The fraction of sp³-hybridized carbons (Fsp3) is 0.545. The number of aromatic nitrogens is 1. The highest BCUT2D eigenvalue weighted by molar-refractivity contribution is 9.10. The largest absolute Gasteiger partial charge is 0.437 e. The molecule has 1 heterocycles. The second-order valence-corrected chi connectivity index (χ2v) is 4.98.